The number of aromatic amines is 1. The van der Waals surface area contributed by atoms with E-state index >= 15 is 0 Å². The molecule has 4 rings (SSSR count). The summed E-state index contributed by atoms with van der Waals surface area (Å²) in [6.45, 7) is 1.24. The van der Waals surface area contributed by atoms with Crippen LogP contribution in [0.25, 0.3) is 11.1 Å². The Kier molecular flexibility index (Phi) is 4.85. The van der Waals surface area contributed by atoms with E-state index in [-0.39, 0.29) is 23.3 Å². The fraction of sp³-hybridized carbons (Fsp3) is 0.238. The summed E-state index contributed by atoms with van der Waals surface area (Å²) in [6.07, 6.45) is 5.01. The number of hydrogen-bond acceptors (Lipinski definition) is 4. The number of rotatable bonds is 3. The van der Waals surface area contributed by atoms with Crippen LogP contribution in [0.4, 0.5) is 4.39 Å². The number of hydrogen-bond donors (Lipinski definition) is 1. The largest absolute Gasteiger partial charge is 0.338 e. The van der Waals surface area contributed by atoms with Crippen molar-refractivity contribution in [1.82, 2.24) is 20.1 Å². The summed E-state index contributed by atoms with van der Waals surface area (Å²) in [5.41, 5.74) is 3.55. The summed E-state index contributed by atoms with van der Waals surface area (Å²) >= 11 is 0. The van der Waals surface area contributed by atoms with Crippen LogP contribution in [0.5, 0.6) is 0 Å². The lowest BCUT2D eigenvalue weighted by Gasteiger charge is -2.32. The molecule has 0 unspecified atom stereocenters. The van der Waals surface area contributed by atoms with Gasteiger partial charge in [-0.3, -0.25) is 9.89 Å². The number of nitrogens with one attached hydrogen (secondary N) is 1. The number of halogens is 1. The molecule has 140 valence electrons. The van der Waals surface area contributed by atoms with E-state index in [0.717, 1.165) is 29.7 Å². The normalized spacial score (nSPS) is 16.6. The van der Waals surface area contributed by atoms with Crippen LogP contribution < -0.4 is 0 Å². The van der Waals surface area contributed by atoms with E-state index in [1.54, 1.807) is 30.5 Å². The molecule has 28 heavy (non-hydrogen) atoms. The molecule has 1 amide bonds. The number of likely N-dealkylation sites (tertiary alicyclic amines) is 1. The molecule has 0 aliphatic carbocycles. The first-order chi connectivity index (χ1) is 13.7. The number of benzene rings is 1. The van der Waals surface area contributed by atoms with Gasteiger partial charge in [0.2, 0.25) is 0 Å². The number of amides is 1. The van der Waals surface area contributed by atoms with Crippen molar-refractivity contribution in [2.45, 2.75) is 18.8 Å². The van der Waals surface area contributed by atoms with Crippen molar-refractivity contribution < 1.29 is 9.18 Å². The van der Waals surface area contributed by atoms with Crippen LogP contribution in [-0.4, -0.2) is 39.1 Å². The molecule has 3 heterocycles. The van der Waals surface area contributed by atoms with Crippen LogP contribution in [0.1, 0.15) is 40.5 Å². The summed E-state index contributed by atoms with van der Waals surface area (Å²) in [7, 11) is 0. The Morgan fingerprint density at radius 1 is 1.21 bits per heavy atom. The van der Waals surface area contributed by atoms with E-state index in [2.05, 4.69) is 15.2 Å². The number of piperidine rings is 1. The average Bonchev–Trinajstić information content (AvgIpc) is 3.24. The molecule has 3 aromatic rings. The van der Waals surface area contributed by atoms with E-state index in [1.807, 2.05) is 11.0 Å². The van der Waals surface area contributed by atoms with Gasteiger partial charge >= 0.3 is 0 Å². The number of aromatic nitrogens is 3. The first-order valence-corrected chi connectivity index (χ1v) is 9.10. The van der Waals surface area contributed by atoms with Crippen molar-refractivity contribution in [2.75, 3.05) is 13.1 Å². The van der Waals surface area contributed by atoms with Gasteiger partial charge in [0.25, 0.3) is 5.91 Å². The molecule has 0 radical (unpaired) electrons. The summed E-state index contributed by atoms with van der Waals surface area (Å²) in [5.74, 6) is -0.254. The van der Waals surface area contributed by atoms with Gasteiger partial charge in [-0.2, -0.15) is 10.4 Å². The third-order valence-electron chi connectivity index (χ3n) is 5.07. The van der Waals surface area contributed by atoms with Crippen LogP contribution in [0.3, 0.4) is 0 Å². The van der Waals surface area contributed by atoms with E-state index < -0.39 is 0 Å². The van der Waals surface area contributed by atoms with Crippen LogP contribution in [0.2, 0.25) is 0 Å². The third kappa shape index (κ3) is 3.49. The zero-order chi connectivity index (χ0) is 19.5. The second-order valence-corrected chi connectivity index (χ2v) is 6.84. The smallest absolute Gasteiger partial charge is 0.255 e. The fourth-order valence-electron chi connectivity index (χ4n) is 3.63. The van der Waals surface area contributed by atoms with Crippen LogP contribution >= 0.6 is 0 Å². The molecule has 1 atom stereocenters. The third-order valence-corrected chi connectivity index (χ3v) is 5.07. The maximum atomic E-state index is 13.2. The molecular weight excluding hydrogens is 357 g/mol. The number of carbonyl (C=O) groups is 1. The van der Waals surface area contributed by atoms with Crippen molar-refractivity contribution in [2.24, 2.45) is 0 Å². The Morgan fingerprint density at radius 3 is 2.75 bits per heavy atom. The summed E-state index contributed by atoms with van der Waals surface area (Å²) in [5, 5.41) is 16.1. The molecule has 1 aliphatic rings. The number of H-pyrrole nitrogens is 1. The molecule has 1 saturated heterocycles. The van der Waals surface area contributed by atoms with Gasteiger partial charge in [0.05, 0.1) is 11.8 Å². The van der Waals surface area contributed by atoms with Gasteiger partial charge in [-0.15, -0.1) is 0 Å². The van der Waals surface area contributed by atoms with E-state index in [0.29, 0.717) is 18.7 Å². The minimum absolute atomic E-state index is 0.0930. The highest BCUT2D eigenvalue weighted by Gasteiger charge is 2.28. The van der Waals surface area contributed by atoms with Gasteiger partial charge in [0.1, 0.15) is 17.6 Å². The molecule has 1 aliphatic heterocycles. The standard InChI is InChI=1S/C21H18FN5O/c22-17-6-3-14(4-7-17)19-12-25-26-20(19)16-2-1-9-27(13-16)21(28)15-5-8-18(10-23)24-11-15/h3-8,11-12,16H,1-2,9,13H2,(H,25,26)/t16-/m1/s1. The highest BCUT2D eigenvalue weighted by molar-refractivity contribution is 5.94. The zero-order valence-electron chi connectivity index (χ0n) is 15.1. The Bertz CT molecular complexity index is 1020. The molecular formula is C21H18FN5O. The maximum absolute atomic E-state index is 13.2. The first-order valence-electron chi connectivity index (χ1n) is 9.10. The van der Waals surface area contributed by atoms with E-state index in [4.69, 9.17) is 5.26 Å². The van der Waals surface area contributed by atoms with Gasteiger partial charge < -0.3 is 4.90 Å². The Morgan fingerprint density at radius 2 is 2.04 bits per heavy atom. The molecule has 1 aromatic carbocycles. The molecule has 6 nitrogen and oxygen atoms in total. The van der Waals surface area contributed by atoms with Gasteiger partial charge in [0.15, 0.2) is 0 Å². The summed E-state index contributed by atoms with van der Waals surface area (Å²) < 4.78 is 13.2. The Labute approximate surface area is 161 Å². The predicted octanol–water partition coefficient (Wildman–Crippen LogP) is 3.50. The second-order valence-electron chi connectivity index (χ2n) is 6.84. The quantitative estimate of drug-likeness (QED) is 0.759. The molecule has 1 N–H and O–H groups in total. The second kappa shape index (κ2) is 7.61. The Balaban J connectivity index is 1.54. The van der Waals surface area contributed by atoms with Crippen LogP contribution in [-0.2, 0) is 0 Å². The van der Waals surface area contributed by atoms with Gasteiger partial charge in [-0.1, -0.05) is 12.1 Å². The van der Waals surface area contributed by atoms with E-state index in [9.17, 15) is 9.18 Å². The summed E-state index contributed by atoms with van der Waals surface area (Å²) in [4.78, 5) is 18.6. The maximum Gasteiger partial charge on any atom is 0.255 e. The van der Waals surface area contributed by atoms with Crippen molar-refractivity contribution in [1.29, 1.82) is 5.26 Å². The van der Waals surface area contributed by atoms with Gasteiger partial charge in [-0.05, 0) is 42.7 Å². The van der Waals surface area contributed by atoms with Crippen molar-refractivity contribution in [3.63, 3.8) is 0 Å². The lowest BCUT2D eigenvalue weighted by molar-refractivity contribution is 0.0705. The molecule has 2 aromatic heterocycles. The highest BCUT2D eigenvalue weighted by Crippen LogP contribution is 2.33. The SMILES string of the molecule is N#Cc1ccc(C(=O)N2CCC[C@@H](c3[nH]ncc3-c3ccc(F)cc3)C2)cn1. The molecule has 7 heteroatoms. The number of nitrogens with zero attached hydrogens (tertiary/aromatic N) is 4. The minimum atomic E-state index is -0.278. The lowest BCUT2D eigenvalue weighted by Crippen LogP contribution is -2.39. The summed E-state index contributed by atoms with van der Waals surface area (Å²) in [6, 6.07) is 11.5. The number of nitriles is 1. The van der Waals surface area contributed by atoms with Crippen molar-refractivity contribution in [3.8, 4) is 17.2 Å². The number of carbonyl (C=O) groups excluding carboxylic acids is 1. The molecule has 1 fully saturated rings. The molecule has 0 bridgehead atoms. The monoisotopic (exact) mass is 375 g/mol. The highest BCUT2D eigenvalue weighted by atomic mass is 19.1. The minimum Gasteiger partial charge on any atom is -0.338 e. The van der Waals surface area contributed by atoms with Crippen molar-refractivity contribution >= 4 is 5.91 Å². The van der Waals surface area contributed by atoms with E-state index in [1.165, 1.54) is 18.3 Å². The van der Waals surface area contributed by atoms with Crippen LogP contribution in [0, 0.1) is 17.1 Å². The molecule has 0 spiro atoms. The fourth-order valence-corrected chi connectivity index (χ4v) is 3.63. The predicted molar refractivity (Wildman–Crippen MR) is 101 cm³/mol. The first kappa shape index (κ1) is 17.9. The van der Waals surface area contributed by atoms with Gasteiger partial charge in [-0.25, -0.2) is 9.37 Å². The molecule has 0 saturated carbocycles. The average molecular weight is 375 g/mol. The Hall–Kier alpha value is -3.53. The van der Waals surface area contributed by atoms with Crippen molar-refractivity contribution in [3.05, 3.63) is 71.6 Å². The van der Waals surface area contributed by atoms with Gasteiger partial charge in [0, 0.05) is 36.5 Å². The topological polar surface area (TPSA) is 85.7 Å². The number of pyridine rings is 1. The lowest BCUT2D eigenvalue weighted by atomic mass is 9.90. The zero-order valence-corrected chi connectivity index (χ0v) is 15.1. The van der Waals surface area contributed by atoms with Crippen LogP contribution in [0.15, 0.2) is 48.8 Å².